The van der Waals surface area contributed by atoms with Crippen LogP contribution in [0, 0.1) is 0 Å². The van der Waals surface area contributed by atoms with Gasteiger partial charge in [-0.15, -0.1) is 0 Å². The van der Waals surface area contributed by atoms with Gasteiger partial charge in [0, 0.05) is 44.0 Å². The Kier molecular flexibility index (Phi) is 13.6. The fourth-order valence-corrected chi connectivity index (χ4v) is 7.22. The van der Waals surface area contributed by atoms with Gasteiger partial charge < -0.3 is 36.1 Å². The molecule has 2 aliphatic heterocycles. The predicted octanol–water partition coefficient (Wildman–Crippen LogP) is 6.64. The van der Waals surface area contributed by atoms with E-state index in [2.05, 4.69) is 39.8 Å². The molecule has 2 saturated heterocycles. The molecular weight excluding hydrogens is 668 g/mol. The summed E-state index contributed by atoms with van der Waals surface area (Å²) < 4.78 is 13.3. The third-order valence-electron chi connectivity index (χ3n) is 10.2. The first-order valence-corrected chi connectivity index (χ1v) is 18.8. The Bertz CT molecular complexity index is 1800. The number of carbonyl (C=O) groups excluding carboxylic acids is 2. The first-order chi connectivity index (χ1) is 25.9. The van der Waals surface area contributed by atoms with Crippen molar-refractivity contribution in [3.05, 3.63) is 119 Å². The van der Waals surface area contributed by atoms with Gasteiger partial charge in [0.2, 0.25) is 11.8 Å². The minimum atomic E-state index is -0.578. The average molecular weight is 721 g/mol. The zero-order chi connectivity index (χ0) is 37.0. The molecule has 0 aliphatic carbocycles. The lowest BCUT2D eigenvalue weighted by Gasteiger charge is -2.38. The summed E-state index contributed by atoms with van der Waals surface area (Å²) in [5.74, 6) is -0.0931. The zero-order valence-electron chi connectivity index (χ0n) is 30.3. The maximum Gasteiger partial charge on any atom is 0.224 e. The summed E-state index contributed by atoms with van der Waals surface area (Å²) in [7, 11) is 0. The fourth-order valence-electron chi connectivity index (χ4n) is 7.22. The van der Waals surface area contributed by atoms with Gasteiger partial charge in [0.05, 0.1) is 36.8 Å². The van der Waals surface area contributed by atoms with Crippen LogP contribution in [0.15, 0.2) is 97.1 Å². The van der Waals surface area contributed by atoms with Crippen LogP contribution in [0.4, 0.5) is 11.4 Å². The van der Waals surface area contributed by atoms with Crippen molar-refractivity contribution in [1.29, 1.82) is 0 Å². The minimum Gasteiger partial charge on any atom is -0.397 e. The van der Waals surface area contributed by atoms with E-state index in [0.29, 0.717) is 50.0 Å². The number of rotatable bonds is 16. The molecule has 4 aromatic carbocycles. The molecule has 0 saturated carbocycles. The van der Waals surface area contributed by atoms with E-state index in [1.807, 2.05) is 60.7 Å². The van der Waals surface area contributed by atoms with Crippen molar-refractivity contribution in [3.63, 3.8) is 0 Å². The summed E-state index contributed by atoms with van der Waals surface area (Å²) in [6.07, 6.45) is 4.89. The van der Waals surface area contributed by atoms with Crippen LogP contribution in [0.25, 0.3) is 11.1 Å². The molecule has 2 aliphatic rings. The number of ether oxygens (including phenoxy) is 2. The lowest BCUT2D eigenvalue weighted by Crippen LogP contribution is -2.42. The first kappa shape index (κ1) is 38.2. The van der Waals surface area contributed by atoms with Crippen molar-refractivity contribution in [1.82, 2.24) is 10.2 Å². The van der Waals surface area contributed by atoms with E-state index in [9.17, 15) is 19.8 Å². The number of anilines is 2. The van der Waals surface area contributed by atoms with E-state index >= 15 is 0 Å². The molecule has 0 spiro atoms. The number of benzene rings is 4. The second-order valence-corrected chi connectivity index (χ2v) is 14.1. The Balaban J connectivity index is 1.03. The Hall–Kier alpha value is -4.58. The monoisotopic (exact) mass is 720 g/mol. The second-order valence-electron chi connectivity index (χ2n) is 14.1. The standard InChI is InChI=1S/C43H52N4O6/c44-38-14-4-5-15-39(38)46-42(51)17-3-1-2-16-41(50)45-26-31-9-6-10-33(23-31)34-11-7-12-35(24-34)43-52-37(27-47-22-8-13-36(47)29-49)25-40(53-43)32-20-18-30(28-48)19-21-32/h4-7,9-12,14-15,18-21,23-24,36-37,40,43,48-49H,1-3,8,13,16-17,22,25-29,44H2,(H,45,50)(H,46,51)/t36-,37+,40-,43-/m0/s1. The maximum atomic E-state index is 12.6. The van der Waals surface area contributed by atoms with Crippen molar-refractivity contribution in [2.24, 2.45) is 0 Å². The fraction of sp³-hybridized carbons (Fsp3) is 0.395. The number of unbranched alkanes of at least 4 members (excludes halogenated alkanes) is 2. The molecule has 6 rings (SSSR count). The molecule has 4 atom stereocenters. The molecule has 0 aromatic heterocycles. The highest BCUT2D eigenvalue weighted by Crippen LogP contribution is 2.39. The van der Waals surface area contributed by atoms with Gasteiger partial charge in [-0.05, 0) is 84.3 Å². The summed E-state index contributed by atoms with van der Waals surface area (Å²) >= 11 is 0. The number of nitrogens with zero attached hydrogens (tertiary/aromatic N) is 1. The number of likely N-dealkylation sites (tertiary alicyclic amines) is 1. The smallest absolute Gasteiger partial charge is 0.224 e. The van der Waals surface area contributed by atoms with Crippen molar-refractivity contribution in [2.45, 2.75) is 89.1 Å². The van der Waals surface area contributed by atoms with Gasteiger partial charge in [0.25, 0.3) is 0 Å². The average Bonchev–Trinajstić information content (AvgIpc) is 3.65. The number of carbonyl (C=O) groups is 2. The number of nitrogen functional groups attached to an aromatic ring is 1. The number of aliphatic hydroxyl groups excluding tert-OH is 2. The molecule has 2 amide bonds. The van der Waals surface area contributed by atoms with E-state index in [-0.39, 0.29) is 43.3 Å². The summed E-state index contributed by atoms with van der Waals surface area (Å²) in [6, 6.07) is 31.7. The third-order valence-corrected chi connectivity index (χ3v) is 10.2. The van der Waals surface area contributed by atoms with Crippen LogP contribution >= 0.6 is 0 Å². The molecule has 6 N–H and O–H groups in total. The largest absolute Gasteiger partial charge is 0.397 e. The third kappa shape index (κ3) is 10.7. The molecule has 0 unspecified atom stereocenters. The van der Waals surface area contributed by atoms with Crippen LogP contribution < -0.4 is 16.4 Å². The van der Waals surface area contributed by atoms with Crippen LogP contribution in [0.5, 0.6) is 0 Å². The summed E-state index contributed by atoms with van der Waals surface area (Å²) in [6.45, 7) is 2.24. The first-order valence-electron chi connectivity index (χ1n) is 18.8. The molecule has 2 heterocycles. The number of hydrogen-bond acceptors (Lipinski definition) is 8. The highest BCUT2D eigenvalue weighted by molar-refractivity contribution is 5.93. The number of nitrogens with one attached hydrogen (secondary N) is 2. The van der Waals surface area contributed by atoms with E-state index in [4.69, 9.17) is 15.2 Å². The summed E-state index contributed by atoms with van der Waals surface area (Å²) in [5, 5.41) is 25.4. The van der Waals surface area contributed by atoms with Crippen LogP contribution in [0.1, 0.15) is 86.0 Å². The molecule has 10 heteroatoms. The van der Waals surface area contributed by atoms with Crippen molar-refractivity contribution in [2.75, 3.05) is 30.7 Å². The summed E-state index contributed by atoms with van der Waals surface area (Å²) in [5.41, 5.74) is 12.9. The molecular formula is C43H52N4O6. The highest BCUT2D eigenvalue weighted by atomic mass is 16.7. The van der Waals surface area contributed by atoms with Gasteiger partial charge in [-0.2, -0.15) is 0 Å². The van der Waals surface area contributed by atoms with Gasteiger partial charge in [-0.3, -0.25) is 14.5 Å². The number of amides is 2. The SMILES string of the molecule is Nc1ccccc1NC(=O)CCCCCC(=O)NCc1cccc(-c2cccc([C@H]3O[C@@H](CN4CCC[C@H]4CO)C[C@@H](c4ccc(CO)cc4)O3)c2)c1. The van der Waals surface area contributed by atoms with Crippen LogP contribution in [0.3, 0.4) is 0 Å². The molecule has 4 aromatic rings. The Morgan fingerprint density at radius 1 is 0.792 bits per heavy atom. The molecule has 0 bridgehead atoms. The van der Waals surface area contributed by atoms with E-state index in [1.165, 1.54) is 0 Å². The Morgan fingerprint density at radius 2 is 1.55 bits per heavy atom. The van der Waals surface area contributed by atoms with Crippen LogP contribution in [-0.2, 0) is 32.2 Å². The van der Waals surface area contributed by atoms with Gasteiger partial charge in [0.1, 0.15) is 0 Å². The Morgan fingerprint density at radius 3 is 2.32 bits per heavy atom. The number of aliphatic hydroxyl groups is 2. The van der Waals surface area contributed by atoms with Crippen LogP contribution in [0.2, 0.25) is 0 Å². The van der Waals surface area contributed by atoms with Crippen molar-refractivity contribution >= 4 is 23.2 Å². The van der Waals surface area contributed by atoms with Crippen molar-refractivity contribution < 1.29 is 29.3 Å². The van der Waals surface area contributed by atoms with Gasteiger partial charge in [0.15, 0.2) is 6.29 Å². The predicted molar refractivity (Wildman–Crippen MR) is 206 cm³/mol. The van der Waals surface area contributed by atoms with Gasteiger partial charge in [-0.25, -0.2) is 0 Å². The van der Waals surface area contributed by atoms with E-state index < -0.39 is 6.29 Å². The van der Waals surface area contributed by atoms with E-state index in [1.54, 1.807) is 12.1 Å². The molecule has 280 valence electrons. The number of nitrogens with two attached hydrogens (primary N) is 1. The second kappa shape index (κ2) is 19.0. The number of hydrogen-bond donors (Lipinski definition) is 5. The lowest BCUT2D eigenvalue weighted by atomic mass is 9.98. The van der Waals surface area contributed by atoms with Gasteiger partial charge >= 0.3 is 0 Å². The maximum absolute atomic E-state index is 12.6. The molecule has 0 radical (unpaired) electrons. The van der Waals surface area contributed by atoms with Crippen LogP contribution in [-0.4, -0.2) is 58.8 Å². The lowest BCUT2D eigenvalue weighted by molar-refractivity contribution is -0.253. The molecule has 53 heavy (non-hydrogen) atoms. The van der Waals surface area contributed by atoms with Crippen molar-refractivity contribution in [3.8, 4) is 11.1 Å². The minimum absolute atomic E-state index is 0.00635. The quantitative estimate of drug-likeness (QED) is 0.0640. The molecule has 2 fully saturated rings. The summed E-state index contributed by atoms with van der Waals surface area (Å²) in [4.78, 5) is 27.2. The Labute approximate surface area is 312 Å². The zero-order valence-corrected chi connectivity index (χ0v) is 30.3. The van der Waals surface area contributed by atoms with Gasteiger partial charge in [-0.1, -0.05) is 79.2 Å². The highest BCUT2D eigenvalue weighted by Gasteiger charge is 2.35. The molecule has 10 nitrogen and oxygen atoms in total. The topological polar surface area (TPSA) is 146 Å². The normalized spacial score (nSPS) is 20.3. The van der Waals surface area contributed by atoms with E-state index in [0.717, 1.165) is 65.7 Å². The number of para-hydroxylation sites is 2.